The fourth-order valence-corrected chi connectivity index (χ4v) is 2.84. The lowest BCUT2D eigenvalue weighted by Crippen LogP contribution is -2.28. The van der Waals surface area contributed by atoms with Crippen LogP contribution in [0.15, 0.2) is 41.1 Å². The van der Waals surface area contributed by atoms with Gasteiger partial charge in [0.05, 0.1) is 12.8 Å². The number of pyridine rings is 1. The SMILES string of the molecule is O=C(NCC(O)c1ccco1)c1ccnc(OC2CCCCC2)c1. The highest BCUT2D eigenvalue weighted by molar-refractivity contribution is 5.94. The third-order valence-corrected chi connectivity index (χ3v) is 4.16. The maximum atomic E-state index is 12.2. The molecule has 3 rings (SSSR count). The molecule has 1 aliphatic rings. The van der Waals surface area contributed by atoms with Crippen LogP contribution in [0.4, 0.5) is 0 Å². The molecule has 0 radical (unpaired) electrons. The van der Waals surface area contributed by atoms with Gasteiger partial charge in [-0.1, -0.05) is 6.42 Å². The van der Waals surface area contributed by atoms with Gasteiger partial charge < -0.3 is 19.6 Å². The molecule has 1 fully saturated rings. The third-order valence-electron chi connectivity index (χ3n) is 4.16. The zero-order valence-corrected chi connectivity index (χ0v) is 13.5. The number of aromatic nitrogens is 1. The van der Waals surface area contributed by atoms with Gasteiger partial charge in [-0.2, -0.15) is 0 Å². The Bertz CT molecular complexity index is 651. The summed E-state index contributed by atoms with van der Waals surface area (Å²) in [6, 6.07) is 6.63. The Morgan fingerprint density at radius 3 is 2.96 bits per heavy atom. The van der Waals surface area contributed by atoms with Crippen LogP contribution in [0.3, 0.4) is 0 Å². The maximum absolute atomic E-state index is 12.2. The Morgan fingerprint density at radius 1 is 1.38 bits per heavy atom. The number of nitrogens with one attached hydrogen (secondary N) is 1. The number of amides is 1. The van der Waals surface area contributed by atoms with Gasteiger partial charge in [-0.25, -0.2) is 4.98 Å². The van der Waals surface area contributed by atoms with E-state index in [0.717, 1.165) is 12.8 Å². The molecule has 2 heterocycles. The molecule has 1 amide bonds. The van der Waals surface area contributed by atoms with E-state index in [4.69, 9.17) is 9.15 Å². The van der Waals surface area contributed by atoms with Crippen molar-refractivity contribution in [2.75, 3.05) is 6.54 Å². The van der Waals surface area contributed by atoms with Gasteiger partial charge in [-0.15, -0.1) is 0 Å². The molecule has 0 saturated heterocycles. The number of ether oxygens (including phenoxy) is 1. The largest absolute Gasteiger partial charge is 0.474 e. The van der Waals surface area contributed by atoms with E-state index in [1.165, 1.54) is 25.5 Å². The molecule has 2 N–H and O–H groups in total. The maximum Gasteiger partial charge on any atom is 0.251 e. The highest BCUT2D eigenvalue weighted by Crippen LogP contribution is 2.22. The molecule has 0 aliphatic heterocycles. The van der Waals surface area contributed by atoms with Crippen molar-refractivity contribution in [3.05, 3.63) is 48.0 Å². The first kappa shape index (κ1) is 16.5. The van der Waals surface area contributed by atoms with E-state index in [0.29, 0.717) is 17.2 Å². The van der Waals surface area contributed by atoms with Crippen LogP contribution in [-0.4, -0.2) is 28.6 Å². The summed E-state index contributed by atoms with van der Waals surface area (Å²) < 4.78 is 11.0. The van der Waals surface area contributed by atoms with Crippen molar-refractivity contribution in [2.24, 2.45) is 0 Å². The Kier molecular flexibility index (Phi) is 5.48. The Morgan fingerprint density at radius 2 is 2.21 bits per heavy atom. The zero-order valence-electron chi connectivity index (χ0n) is 13.5. The molecule has 2 aromatic rings. The predicted molar refractivity (Wildman–Crippen MR) is 87.7 cm³/mol. The minimum atomic E-state index is -0.872. The monoisotopic (exact) mass is 330 g/mol. The molecule has 1 aliphatic carbocycles. The molecule has 6 heteroatoms. The number of carbonyl (C=O) groups is 1. The van der Waals surface area contributed by atoms with Gasteiger partial charge in [0, 0.05) is 17.8 Å². The van der Waals surface area contributed by atoms with Gasteiger partial charge >= 0.3 is 0 Å². The number of furan rings is 1. The Balaban J connectivity index is 1.55. The van der Waals surface area contributed by atoms with E-state index in [1.54, 1.807) is 30.5 Å². The summed E-state index contributed by atoms with van der Waals surface area (Å²) in [6.07, 6.45) is 8.04. The summed E-state index contributed by atoms with van der Waals surface area (Å²) in [5.41, 5.74) is 0.461. The Hall–Kier alpha value is -2.34. The van der Waals surface area contributed by atoms with E-state index < -0.39 is 6.10 Å². The van der Waals surface area contributed by atoms with Crippen molar-refractivity contribution in [1.82, 2.24) is 10.3 Å². The first-order valence-electron chi connectivity index (χ1n) is 8.35. The highest BCUT2D eigenvalue weighted by atomic mass is 16.5. The summed E-state index contributed by atoms with van der Waals surface area (Å²) >= 11 is 0. The topological polar surface area (TPSA) is 84.6 Å². The number of nitrogens with zero attached hydrogens (tertiary/aromatic N) is 1. The van der Waals surface area contributed by atoms with Crippen LogP contribution in [0.2, 0.25) is 0 Å². The average molecular weight is 330 g/mol. The van der Waals surface area contributed by atoms with Gasteiger partial charge in [0.25, 0.3) is 5.91 Å². The van der Waals surface area contributed by atoms with Crippen molar-refractivity contribution in [2.45, 2.75) is 44.3 Å². The molecular weight excluding hydrogens is 308 g/mol. The number of carbonyl (C=O) groups excluding carboxylic acids is 1. The van der Waals surface area contributed by atoms with Crippen LogP contribution < -0.4 is 10.1 Å². The van der Waals surface area contributed by atoms with Crippen molar-refractivity contribution in [3.8, 4) is 5.88 Å². The summed E-state index contributed by atoms with van der Waals surface area (Å²) in [7, 11) is 0. The molecular formula is C18H22N2O4. The third kappa shape index (κ3) is 4.35. The van der Waals surface area contributed by atoms with E-state index in [9.17, 15) is 9.90 Å². The molecule has 24 heavy (non-hydrogen) atoms. The lowest BCUT2D eigenvalue weighted by Gasteiger charge is -2.22. The number of hydrogen-bond acceptors (Lipinski definition) is 5. The first-order chi connectivity index (χ1) is 11.7. The molecule has 2 aromatic heterocycles. The minimum absolute atomic E-state index is 0.0769. The number of aliphatic hydroxyl groups is 1. The summed E-state index contributed by atoms with van der Waals surface area (Å²) in [4.78, 5) is 16.4. The summed E-state index contributed by atoms with van der Waals surface area (Å²) in [5, 5.41) is 12.6. The lowest BCUT2D eigenvalue weighted by atomic mass is 9.98. The molecule has 128 valence electrons. The molecule has 1 saturated carbocycles. The van der Waals surface area contributed by atoms with E-state index in [1.807, 2.05) is 0 Å². The number of hydrogen-bond donors (Lipinski definition) is 2. The first-order valence-corrected chi connectivity index (χ1v) is 8.35. The van der Waals surface area contributed by atoms with E-state index in [-0.39, 0.29) is 18.6 Å². The van der Waals surface area contributed by atoms with Gasteiger partial charge in [-0.05, 0) is 43.9 Å². The molecule has 1 atom stereocenters. The van der Waals surface area contributed by atoms with Gasteiger partial charge in [0.2, 0.25) is 5.88 Å². The van der Waals surface area contributed by atoms with Crippen LogP contribution in [0.5, 0.6) is 5.88 Å². The molecule has 1 unspecified atom stereocenters. The second kappa shape index (κ2) is 7.97. The van der Waals surface area contributed by atoms with Crippen LogP contribution in [0.1, 0.15) is 54.3 Å². The van der Waals surface area contributed by atoms with Gasteiger partial charge in [0.1, 0.15) is 18.0 Å². The number of rotatable bonds is 6. The van der Waals surface area contributed by atoms with Crippen molar-refractivity contribution < 1.29 is 19.1 Å². The van der Waals surface area contributed by atoms with E-state index >= 15 is 0 Å². The molecule has 0 aromatic carbocycles. The van der Waals surface area contributed by atoms with Crippen molar-refractivity contribution in [3.63, 3.8) is 0 Å². The highest BCUT2D eigenvalue weighted by Gasteiger charge is 2.17. The van der Waals surface area contributed by atoms with Crippen LogP contribution in [0.25, 0.3) is 0 Å². The normalized spacial score (nSPS) is 16.5. The fraction of sp³-hybridized carbons (Fsp3) is 0.444. The van der Waals surface area contributed by atoms with Gasteiger partial charge in [-0.3, -0.25) is 4.79 Å². The lowest BCUT2D eigenvalue weighted by molar-refractivity contribution is 0.0899. The standard InChI is InChI=1S/C18H22N2O4/c21-15(16-7-4-10-23-16)12-20-18(22)13-8-9-19-17(11-13)24-14-5-2-1-3-6-14/h4,7-11,14-15,21H,1-3,5-6,12H2,(H,20,22). The van der Waals surface area contributed by atoms with Crippen LogP contribution in [0, 0.1) is 0 Å². The molecule has 6 nitrogen and oxygen atoms in total. The smallest absolute Gasteiger partial charge is 0.251 e. The minimum Gasteiger partial charge on any atom is -0.474 e. The quantitative estimate of drug-likeness (QED) is 0.851. The fourth-order valence-electron chi connectivity index (χ4n) is 2.84. The van der Waals surface area contributed by atoms with Crippen LogP contribution >= 0.6 is 0 Å². The van der Waals surface area contributed by atoms with Crippen molar-refractivity contribution >= 4 is 5.91 Å². The molecule has 0 bridgehead atoms. The van der Waals surface area contributed by atoms with E-state index in [2.05, 4.69) is 10.3 Å². The number of aliphatic hydroxyl groups excluding tert-OH is 1. The predicted octanol–water partition coefficient (Wildman–Crippen LogP) is 2.85. The zero-order chi connectivity index (χ0) is 16.8. The second-order valence-corrected chi connectivity index (χ2v) is 6.00. The summed E-state index contributed by atoms with van der Waals surface area (Å²) in [6.45, 7) is 0.0769. The van der Waals surface area contributed by atoms with Gasteiger partial charge in [0.15, 0.2) is 0 Å². The molecule has 0 spiro atoms. The van der Waals surface area contributed by atoms with Crippen LogP contribution in [-0.2, 0) is 0 Å². The average Bonchev–Trinajstić information content (AvgIpc) is 3.15. The Labute approximate surface area is 140 Å². The summed E-state index contributed by atoms with van der Waals surface area (Å²) in [5.74, 6) is 0.615. The van der Waals surface area contributed by atoms with Crippen molar-refractivity contribution in [1.29, 1.82) is 0 Å². The second-order valence-electron chi connectivity index (χ2n) is 6.00.